The molecule has 3 rings (SSSR count). The smallest absolute Gasteiger partial charge is 0.228 e. The fraction of sp³-hybridized carbons (Fsp3) is 0.167. The first-order valence-corrected chi connectivity index (χ1v) is 7.16. The Morgan fingerprint density at radius 1 is 1.18 bits per heavy atom. The lowest BCUT2D eigenvalue weighted by Gasteiger charge is -2.11. The quantitative estimate of drug-likeness (QED) is 0.750. The van der Waals surface area contributed by atoms with E-state index in [-0.39, 0.29) is 18.1 Å². The van der Waals surface area contributed by atoms with Gasteiger partial charge in [-0.05, 0) is 48.7 Å². The van der Waals surface area contributed by atoms with Crippen LogP contribution in [0.25, 0.3) is 10.9 Å². The van der Waals surface area contributed by atoms with E-state index in [1.165, 1.54) is 12.1 Å². The number of hydrogen-bond donors (Lipinski definition) is 2. The number of rotatable bonds is 3. The minimum atomic E-state index is -0.291. The van der Waals surface area contributed by atoms with Gasteiger partial charge in [-0.1, -0.05) is 18.2 Å². The van der Waals surface area contributed by atoms with Crippen molar-refractivity contribution >= 4 is 22.5 Å². The summed E-state index contributed by atoms with van der Waals surface area (Å²) in [5.74, 6) is -0.372. The van der Waals surface area contributed by atoms with Crippen molar-refractivity contribution in [3.63, 3.8) is 0 Å². The largest absolute Gasteiger partial charge is 0.361 e. The maximum Gasteiger partial charge on any atom is 0.228 e. The number of aryl methyl sites for hydroxylation is 2. The van der Waals surface area contributed by atoms with Crippen LogP contribution in [-0.2, 0) is 11.2 Å². The molecule has 3 nitrogen and oxygen atoms in total. The van der Waals surface area contributed by atoms with E-state index < -0.39 is 0 Å². The van der Waals surface area contributed by atoms with E-state index in [1.54, 1.807) is 12.3 Å². The third-order valence-electron chi connectivity index (χ3n) is 3.83. The van der Waals surface area contributed by atoms with Crippen molar-refractivity contribution in [2.45, 2.75) is 20.3 Å². The molecule has 4 heteroatoms. The third-order valence-corrected chi connectivity index (χ3v) is 3.83. The molecule has 0 aliphatic heterocycles. The van der Waals surface area contributed by atoms with E-state index in [1.807, 2.05) is 32.0 Å². The highest BCUT2D eigenvalue weighted by molar-refractivity contribution is 5.96. The fourth-order valence-electron chi connectivity index (χ4n) is 2.67. The van der Waals surface area contributed by atoms with Crippen molar-refractivity contribution in [2.24, 2.45) is 0 Å². The Morgan fingerprint density at radius 3 is 2.64 bits per heavy atom. The van der Waals surface area contributed by atoms with Gasteiger partial charge in [0, 0.05) is 22.8 Å². The molecule has 3 aromatic rings. The summed E-state index contributed by atoms with van der Waals surface area (Å²) in [6.45, 7) is 3.94. The zero-order valence-corrected chi connectivity index (χ0v) is 12.5. The summed E-state index contributed by atoms with van der Waals surface area (Å²) in [4.78, 5) is 15.3. The van der Waals surface area contributed by atoms with Gasteiger partial charge < -0.3 is 10.3 Å². The van der Waals surface area contributed by atoms with Crippen LogP contribution in [0.3, 0.4) is 0 Å². The predicted octanol–water partition coefficient (Wildman–Crippen LogP) is 4.11. The molecule has 0 radical (unpaired) electrons. The molecular weight excluding hydrogens is 279 g/mol. The summed E-state index contributed by atoms with van der Waals surface area (Å²) in [6, 6.07) is 10.4. The highest BCUT2D eigenvalue weighted by Crippen LogP contribution is 2.22. The number of aromatic amines is 1. The van der Waals surface area contributed by atoms with Gasteiger partial charge in [0.2, 0.25) is 5.91 Å². The molecule has 0 fully saturated rings. The van der Waals surface area contributed by atoms with Crippen LogP contribution in [0.15, 0.2) is 42.6 Å². The lowest BCUT2D eigenvalue weighted by molar-refractivity contribution is -0.115. The second-order valence-corrected chi connectivity index (χ2v) is 5.50. The zero-order chi connectivity index (χ0) is 15.7. The third kappa shape index (κ3) is 2.72. The number of H-pyrrole nitrogens is 1. The minimum Gasteiger partial charge on any atom is -0.361 e. The van der Waals surface area contributed by atoms with Crippen LogP contribution in [-0.4, -0.2) is 10.9 Å². The predicted molar refractivity (Wildman–Crippen MR) is 86.5 cm³/mol. The Kier molecular flexibility index (Phi) is 3.67. The molecule has 2 N–H and O–H groups in total. The molecule has 0 bridgehead atoms. The first-order chi connectivity index (χ1) is 10.5. The Balaban J connectivity index is 1.82. The molecule has 22 heavy (non-hydrogen) atoms. The number of amides is 1. The van der Waals surface area contributed by atoms with Gasteiger partial charge in [-0.2, -0.15) is 0 Å². The molecule has 0 aliphatic carbocycles. The van der Waals surface area contributed by atoms with E-state index >= 15 is 0 Å². The zero-order valence-electron chi connectivity index (χ0n) is 12.5. The molecule has 0 unspecified atom stereocenters. The van der Waals surface area contributed by atoms with E-state index in [2.05, 4.69) is 10.3 Å². The van der Waals surface area contributed by atoms with E-state index in [0.717, 1.165) is 27.8 Å². The maximum atomic E-state index is 13.2. The van der Waals surface area contributed by atoms with Gasteiger partial charge >= 0.3 is 0 Å². The standard InChI is InChI=1S/C18H17FN2O/c1-11-4-3-5-12(2)18(11)21-17(22)8-13-10-20-16-9-14(19)6-7-15(13)16/h3-7,9-10,20H,8H2,1-2H3,(H,21,22). The SMILES string of the molecule is Cc1cccc(C)c1NC(=O)Cc1c[nH]c2cc(F)ccc12. The second kappa shape index (κ2) is 5.64. The van der Waals surface area contributed by atoms with Crippen LogP contribution < -0.4 is 5.32 Å². The number of carbonyl (C=O) groups is 1. The topological polar surface area (TPSA) is 44.9 Å². The van der Waals surface area contributed by atoms with E-state index in [0.29, 0.717) is 5.52 Å². The molecule has 0 saturated heterocycles. The molecule has 2 aromatic carbocycles. The van der Waals surface area contributed by atoms with Gasteiger partial charge in [0.25, 0.3) is 0 Å². The first kappa shape index (κ1) is 14.3. The molecule has 112 valence electrons. The highest BCUT2D eigenvalue weighted by atomic mass is 19.1. The first-order valence-electron chi connectivity index (χ1n) is 7.16. The maximum absolute atomic E-state index is 13.2. The van der Waals surface area contributed by atoms with E-state index in [9.17, 15) is 9.18 Å². The number of aromatic nitrogens is 1. The number of anilines is 1. The van der Waals surface area contributed by atoms with Crippen LogP contribution in [0, 0.1) is 19.7 Å². The fourth-order valence-corrected chi connectivity index (χ4v) is 2.67. The van der Waals surface area contributed by atoms with E-state index in [4.69, 9.17) is 0 Å². The second-order valence-electron chi connectivity index (χ2n) is 5.50. The van der Waals surface area contributed by atoms with Crippen LogP contribution in [0.5, 0.6) is 0 Å². The highest BCUT2D eigenvalue weighted by Gasteiger charge is 2.11. The Hall–Kier alpha value is -2.62. The normalized spacial score (nSPS) is 10.9. The molecule has 0 atom stereocenters. The van der Waals surface area contributed by atoms with Crippen molar-refractivity contribution < 1.29 is 9.18 Å². The van der Waals surface area contributed by atoms with Crippen molar-refractivity contribution in [2.75, 3.05) is 5.32 Å². The number of nitrogens with one attached hydrogen (secondary N) is 2. The van der Waals surface area contributed by atoms with Crippen LogP contribution in [0.4, 0.5) is 10.1 Å². The average molecular weight is 296 g/mol. The van der Waals surface area contributed by atoms with Gasteiger partial charge in [-0.3, -0.25) is 4.79 Å². The monoisotopic (exact) mass is 296 g/mol. The molecular formula is C18H17FN2O. The van der Waals surface area contributed by atoms with Crippen molar-refractivity contribution in [1.29, 1.82) is 0 Å². The minimum absolute atomic E-state index is 0.0809. The summed E-state index contributed by atoms with van der Waals surface area (Å²) < 4.78 is 13.2. The van der Waals surface area contributed by atoms with Crippen molar-refractivity contribution in [3.8, 4) is 0 Å². The van der Waals surface area contributed by atoms with Crippen LogP contribution in [0.1, 0.15) is 16.7 Å². The lowest BCUT2D eigenvalue weighted by Crippen LogP contribution is -2.15. The Labute approximate surface area is 128 Å². The van der Waals surface area contributed by atoms with Crippen molar-refractivity contribution in [3.05, 3.63) is 65.1 Å². The summed E-state index contributed by atoms with van der Waals surface area (Å²) in [5.41, 5.74) is 4.50. The van der Waals surface area contributed by atoms with Gasteiger partial charge in [0.1, 0.15) is 5.82 Å². The van der Waals surface area contributed by atoms with Gasteiger partial charge in [-0.15, -0.1) is 0 Å². The molecule has 1 aromatic heterocycles. The summed E-state index contributed by atoms with van der Waals surface area (Å²) >= 11 is 0. The molecule has 1 heterocycles. The Morgan fingerprint density at radius 2 is 1.91 bits per heavy atom. The average Bonchev–Trinajstić information content (AvgIpc) is 2.85. The van der Waals surface area contributed by atoms with Gasteiger partial charge in [-0.25, -0.2) is 4.39 Å². The summed E-state index contributed by atoms with van der Waals surface area (Å²) in [5, 5.41) is 3.84. The van der Waals surface area contributed by atoms with Gasteiger partial charge in [0.05, 0.1) is 6.42 Å². The molecule has 0 spiro atoms. The van der Waals surface area contributed by atoms with Crippen LogP contribution >= 0.6 is 0 Å². The number of fused-ring (bicyclic) bond motifs is 1. The summed E-state index contributed by atoms with van der Waals surface area (Å²) in [7, 11) is 0. The number of halogens is 1. The van der Waals surface area contributed by atoms with Crippen molar-refractivity contribution in [1.82, 2.24) is 4.98 Å². The molecule has 0 saturated carbocycles. The van der Waals surface area contributed by atoms with Crippen LogP contribution in [0.2, 0.25) is 0 Å². The number of para-hydroxylation sites is 1. The Bertz CT molecular complexity index is 831. The number of carbonyl (C=O) groups excluding carboxylic acids is 1. The molecule has 1 amide bonds. The lowest BCUT2D eigenvalue weighted by atomic mass is 10.1. The number of benzene rings is 2. The summed E-state index contributed by atoms with van der Waals surface area (Å²) in [6.07, 6.45) is 2.01. The number of hydrogen-bond acceptors (Lipinski definition) is 1. The van der Waals surface area contributed by atoms with Gasteiger partial charge in [0.15, 0.2) is 0 Å². The molecule has 0 aliphatic rings.